The molecule has 0 fully saturated rings. The molecule has 0 aliphatic rings. The third-order valence-electron chi connectivity index (χ3n) is 4.40. The van der Waals surface area contributed by atoms with Crippen molar-refractivity contribution >= 4 is 5.91 Å². The van der Waals surface area contributed by atoms with E-state index in [2.05, 4.69) is 15.3 Å². The molecule has 0 aliphatic heterocycles. The molecule has 4 rings (SSSR count). The molecule has 0 saturated carbocycles. The van der Waals surface area contributed by atoms with E-state index in [-0.39, 0.29) is 5.91 Å². The summed E-state index contributed by atoms with van der Waals surface area (Å²) in [7, 11) is 1.65. The number of aromatic nitrogens is 2. The van der Waals surface area contributed by atoms with Gasteiger partial charge in [-0.25, -0.2) is 4.98 Å². The first kappa shape index (κ1) is 17.6. The Morgan fingerprint density at radius 2 is 1.82 bits per heavy atom. The minimum Gasteiger partial charge on any atom is -0.497 e. The van der Waals surface area contributed by atoms with Gasteiger partial charge in [0.05, 0.1) is 25.3 Å². The topological polar surface area (TPSA) is 80.2 Å². The maximum Gasteiger partial charge on any atom is 0.287 e. The maximum absolute atomic E-state index is 11.9. The molecule has 0 bridgehead atoms. The van der Waals surface area contributed by atoms with E-state index < -0.39 is 0 Å². The van der Waals surface area contributed by atoms with Gasteiger partial charge in [0.15, 0.2) is 5.76 Å². The van der Waals surface area contributed by atoms with Crippen LogP contribution in [-0.2, 0) is 6.54 Å². The van der Waals surface area contributed by atoms with Gasteiger partial charge in [-0.05, 0) is 47.5 Å². The number of methoxy groups -OCH3 is 1. The van der Waals surface area contributed by atoms with Gasteiger partial charge in [-0.15, -0.1) is 0 Å². The molecule has 2 aromatic heterocycles. The molecule has 6 nitrogen and oxygen atoms in total. The lowest BCUT2D eigenvalue weighted by atomic mass is 10.1. The normalized spacial score (nSPS) is 10.6. The molecule has 0 unspecified atom stereocenters. The van der Waals surface area contributed by atoms with Crippen molar-refractivity contribution in [1.29, 1.82) is 0 Å². The number of amides is 1. The molecule has 0 saturated heterocycles. The molecule has 0 radical (unpaired) electrons. The molecule has 4 aromatic rings. The van der Waals surface area contributed by atoms with E-state index in [0.717, 1.165) is 34.0 Å². The highest BCUT2D eigenvalue weighted by atomic mass is 16.5. The second-order valence-corrected chi connectivity index (χ2v) is 6.23. The van der Waals surface area contributed by atoms with Crippen LogP contribution in [0.1, 0.15) is 16.1 Å². The van der Waals surface area contributed by atoms with Crippen LogP contribution in [0.2, 0.25) is 0 Å². The van der Waals surface area contributed by atoms with Crippen molar-refractivity contribution in [3.63, 3.8) is 0 Å². The summed E-state index contributed by atoms with van der Waals surface area (Å²) in [5.41, 5.74) is 3.94. The molecule has 0 atom stereocenters. The van der Waals surface area contributed by atoms with Crippen LogP contribution >= 0.6 is 0 Å². The number of nitrogens with zero attached hydrogens (tertiary/aromatic N) is 1. The lowest BCUT2D eigenvalue weighted by molar-refractivity contribution is 0.0923. The largest absolute Gasteiger partial charge is 0.497 e. The van der Waals surface area contributed by atoms with Crippen LogP contribution in [-0.4, -0.2) is 23.0 Å². The van der Waals surface area contributed by atoms with Crippen LogP contribution in [0.15, 0.2) is 77.5 Å². The van der Waals surface area contributed by atoms with Crippen molar-refractivity contribution in [2.45, 2.75) is 6.54 Å². The molecule has 2 aromatic carbocycles. The van der Waals surface area contributed by atoms with Crippen molar-refractivity contribution in [2.75, 3.05) is 7.11 Å². The van der Waals surface area contributed by atoms with Crippen molar-refractivity contribution < 1.29 is 13.9 Å². The number of ether oxygens (including phenoxy) is 1. The average Bonchev–Trinajstić information content (AvgIpc) is 3.45. The Morgan fingerprint density at radius 1 is 1.07 bits per heavy atom. The standard InChI is InChI=1S/C22H19N3O3/c1-27-18-10-8-16(9-11-18)19-14-23-21(25-19)17-6-4-15(5-7-17)13-24-22(26)20-3-2-12-28-20/h2-12,14H,13H2,1H3,(H,23,25)(H,24,26). The van der Waals surface area contributed by atoms with Crippen LogP contribution in [0, 0.1) is 0 Å². The summed E-state index contributed by atoms with van der Waals surface area (Å²) >= 11 is 0. The molecule has 140 valence electrons. The lowest BCUT2D eigenvalue weighted by Gasteiger charge is -2.05. The van der Waals surface area contributed by atoms with Gasteiger partial charge in [-0.3, -0.25) is 4.79 Å². The smallest absolute Gasteiger partial charge is 0.287 e. The Kier molecular flexibility index (Phi) is 4.93. The van der Waals surface area contributed by atoms with E-state index in [9.17, 15) is 4.79 Å². The molecule has 2 N–H and O–H groups in total. The summed E-state index contributed by atoms with van der Waals surface area (Å²) < 4.78 is 10.3. The summed E-state index contributed by atoms with van der Waals surface area (Å²) in [4.78, 5) is 19.7. The maximum atomic E-state index is 11.9. The summed E-state index contributed by atoms with van der Waals surface area (Å²) in [6, 6.07) is 19.0. The fourth-order valence-electron chi connectivity index (χ4n) is 2.84. The number of carbonyl (C=O) groups is 1. The number of H-pyrrole nitrogens is 1. The van der Waals surface area contributed by atoms with Gasteiger partial charge in [0.2, 0.25) is 0 Å². The van der Waals surface area contributed by atoms with E-state index in [4.69, 9.17) is 9.15 Å². The fourth-order valence-corrected chi connectivity index (χ4v) is 2.84. The Labute approximate surface area is 162 Å². The van der Waals surface area contributed by atoms with Gasteiger partial charge in [0.1, 0.15) is 11.6 Å². The first-order valence-corrected chi connectivity index (χ1v) is 8.83. The fraction of sp³-hybridized carbons (Fsp3) is 0.0909. The third-order valence-corrected chi connectivity index (χ3v) is 4.40. The van der Waals surface area contributed by atoms with Gasteiger partial charge in [0, 0.05) is 12.1 Å². The number of nitrogens with one attached hydrogen (secondary N) is 2. The molecule has 28 heavy (non-hydrogen) atoms. The van der Waals surface area contributed by atoms with Gasteiger partial charge in [-0.1, -0.05) is 24.3 Å². The Balaban J connectivity index is 1.42. The van der Waals surface area contributed by atoms with Gasteiger partial charge in [-0.2, -0.15) is 0 Å². The van der Waals surface area contributed by atoms with Crippen molar-refractivity contribution in [3.8, 4) is 28.4 Å². The van der Waals surface area contributed by atoms with Crippen molar-refractivity contribution in [3.05, 3.63) is 84.4 Å². The SMILES string of the molecule is COc1ccc(-c2cnc(-c3ccc(CNC(=O)c4ccco4)cc3)[nH]2)cc1. The Morgan fingerprint density at radius 3 is 2.50 bits per heavy atom. The number of hydrogen-bond donors (Lipinski definition) is 2. The first-order valence-electron chi connectivity index (χ1n) is 8.83. The highest BCUT2D eigenvalue weighted by Gasteiger charge is 2.09. The summed E-state index contributed by atoms with van der Waals surface area (Å²) in [6.45, 7) is 0.426. The number of benzene rings is 2. The quantitative estimate of drug-likeness (QED) is 0.529. The highest BCUT2D eigenvalue weighted by molar-refractivity contribution is 5.91. The predicted octanol–water partition coefficient (Wildman–Crippen LogP) is 4.28. The monoisotopic (exact) mass is 373 g/mol. The number of carbonyl (C=O) groups excluding carboxylic acids is 1. The molecule has 6 heteroatoms. The van der Waals surface area contributed by atoms with Gasteiger partial charge >= 0.3 is 0 Å². The zero-order chi connectivity index (χ0) is 19.3. The van der Waals surface area contributed by atoms with Crippen LogP contribution in [0.25, 0.3) is 22.6 Å². The highest BCUT2D eigenvalue weighted by Crippen LogP contribution is 2.24. The van der Waals surface area contributed by atoms with Gasteiger partial charge < -0.3 is 19.5 Å². The predicted molar refractivity (Wildman–Crippen MR) is 106 cm³/mol. The second-order valence-electron chi connectivity index (χ2n) is 6.23. The molecule has 0 aliphatic carbocycles. The number of rotatable bonds is 6. The molecular weight excluding hydrogens is 354 g/mol. The lowest BCUT2D eigenvalue weighted by Crippen LogP contribution is -2.22. The van der Waals surface area contributed by atoms with Crippen LogP contribution in [0.3, 0.4) is 0 Å². The molecule has 1 amide bonds. The second kappa shape index (κ2) is 7.84. The summed E-state index contributed by atoms with van der Waals surface area (Å²) in [5.74, 6) is 1.68. The van der Waals surface area contributed by atoms with E-state index in [1.54, 1.807) is 19.2 Å². The summed E-state index contributed by atoms with van der Waals surface area (Å²) in [6.07, 6.45) is 3.29. The summed E-state index contributed by atoms with van der Waals surface area (Å²) in [5, 5.41) is 2.83. The van der Waals surface area contributed by atoms with E-state index >= 15 is 0 Å². The number of hydrogen-bond acceptors (Lipinski definition) is 4. The van der Waals surface area contributed by atoms with Crippen molar-refractivity contribution in [2.24, 2.45) is 0 Å². The zero-order valence-corrected chi connectivity index (χ0v) is 15.3. The number of furan rings is 1. The van der Waals surface area contributed by atoms with E-state index in [0.29, 0.717) is 12.3 Å². The number of aromatic amines is 1. The van der Waals surface area contributed by atoms with Crippen molar-refractivity contribution in [1.82, 2.24) is 15.3 Å². The molecular formula is C22H19N3O3. The first-order chi connectivity index (χ1) is 13.7. The minimum absolute atomic E-state index is 0.232. The number of imidazole rings is 1. The van der Waals surface area contributed by atoms with E-state index in [1.165, 1.54) is 6.26 Å². The Hall–Kier alpha value is -3.80. The van der Waals surface area contributed by atoms with Gasteiger partial charge in [0.25, 0.3) is 5.91 Å². The average molecular weight is 373 g/mol. The van der Waals surface area contributed by atoms with E-state index in [1.807, 2.05) is 54.7 Å². The van der Waals surface area contributed by atoms with Crippen LogP contribution in [0.5, 0.6) is 5.75 Å². The van der Waals surface area contributed by atoms with Crippen LogP contribution < -0.4 is 10.1 Å². The zero-order valence-electron chi connectivity index (χ0n) is 15.3. The van der Waals surface area contributed by atoms with Crippen LogP contribution in [0.4, 0.5) is 0 Å². The third kappa shape index (κ3) is 3.81. The molecule has 0 spiro atoms. The Bertz CT molecular complexity index is 1050. The minimum atomic E-state index is -0.232. The molecule has 2 heterocycles.